The van der Waals surface area contributed by atoms with E-state index in [-0.39, 0.29) is 6.54 Å². The maximum absolute atomic E-state index is 10.4. The third-order valence-electron chi connectivity index (χ3n) is 1.60. The van der Waals surface area contributed by atoms with Gasteiger partial charge in [0, 0.05) is 12.1 Å². The molecule has 4 nitrogen and oxygen atoms in total. The first kappa shape index (κ1) is 7.78. The van der Waals surface area contributed by atoms with Gasteiger partial charge in [0.25, 0.3) is 0 Å². The van der Waals surface area contributed by atoms with Gasteiger partial charge in [-0.2, -0.15) is 0 Å². The fraction of sp³-hybridized carbons (Fsp3) is 0.429. The van der Waals surface area contributed by atoms with Crippen LogP contribution in [0.3, 0.4) is 0 Å². The number of hydrogen-bond donors (Lipinski definition) is 1. The zero-order valence-corrected chi connectivity index (χ0v) is 5.99. The fourth-order valence-corrected chi connectivity index (χ4v) is 1.02. The Labute approximate surface area is 64.1 Å². The van der Waals surface area contributed by atoms with Crippen LogP contribution < -0.4 is 0 Å². The van der Waals surface area contributed by atoms with Crippen molar-refractivity contribution in [1.29, 1.82) is 0 Å². The van der Waals surface area contributed by atoms with E-state index in [4.69, 9.17) is 5.11 Å². The molecule has 0 bridgehead atoms. The Bertz CT molecular complexity index is 210. The average molecular weight is 155 g/mol. The van der Waals surface area contributed by atoms with Gasteiger partial charge in [-0.15, -0.1) is 0 Å². The molecule has 1 rings (SSSR count). The lowest BCUT2D eigenvalue weighted by Gasteiger charge is -2.21. The number of carbonyl (C=O) groups is 2. The molecule has 0 saturated heterocycles. The van der Waals surface area contributed by atoms with E-state index in [0.717, 1.165) is 0 Å². The molecule has 0 spiro atoms. The number of rotatable bonds is 1. The van der Waals surface area contributed by atoms with Crippen molar-refractivity contribution in [1.82, 2.24) is 4.90 Å². The van der Waals surface area contributed by atoms with Crippen LogP contribution in [0.1, 0.15) is 6.42 Å². The van der Waals surface area contributed by atoms with E-state index in [0.29, 0.717) is 24.8 Å². The summed E-state index contributed by atoms with van der Waals surface area (Å²) in [6.45, 7) is 0.728. The molecule has 1 amide bonds. The van der Waals surface area contributed by atoms with E-state index in [1.807, 2.05) is 0 Å². The minimum Gasteiger partial charge on any atom is -0.465 e. The largest absolute Gasteiger partial charge is 0.465 e. The molecular formula is C7H9NO3. The Morgan fingerprint density at radius 3 is 3.00 bits per heavy atom. The van der Waals surface area contributed by atoms with Crippen molar-refractivity contribution in [3.63, 3.8) is 0 Å². The first-order valence-electron chi connectivity index (χ1n) is 3.36. The van der Waals surface area contributed by atoms with Crippen LogP contribution >= 0.6 is 0 Å². The van der Waals surface area contributed by atoms with Crippen LogP contribution in [0.2, 0.25) is 0 Å². The number of carbonyl (C=O) groups excluding carboxylic acids is 1. The van der Waals surface area contributed by atoms with Gasteiger partial charge in [0.1, 0.15) is 6.29 Å². The Kier molecular flexibility index (Phi) is 2.25. The van der Waals surface area contributed by atoms with E-state index in [9.17, 15) is 9.59 Å². The molecule has 0 aliphatic carbocycles. The third-order valence-corrected chi connectivity index (χ3v) is 1.60. The second-order valence-corrected chi connectivity index (χ2v) is 2.39. The summed E-state index contributed by atoms with van der Waals surface area (Å²) in [6.07, 6.45) is 2.15. The maximum atomic E-state index is 10.4. The molecule has 0 fully saturated rings. The first-order valence-corrected chi connectivity index (χ1v) is 3.36. The van der Waals surface area contributed by atoms with E-state index >= 15 is 0 Å². The number of amides is 1. The molecule has 0 atom stereocenters. The van der Waals surface area contributed by atoms with E-state index in [1.165, 1.54) is 4.90 Å². The van der Waals surface area contributed by atoms with Crippen LogP contribution in [-0.4, -0.2) is 35.5 Å². The molecular weight excluding hydrogens is 146 g/mol. The molecule has 0 aromatic rings. The lowest BCUT2D eigenvalue weighted by atomic mass is 10.1. The van der Waals surface area contributed by atoms with Crippen molar-refractivity contribution >= 4 is 12.4 Å². The molecule has 0 aromatic carbocycles. The molecule has 1 aliphatic rings. The summed E-state index contributed by atoms with van der Waals surface area (Å²) >= 11 is 0. The van der Waals surface area contributed by atoms with Crippen molar-refractivity contribution in [3.05, 3.63) is 11.6 Å². The predicted molar refractivity (Wildman–Crippen MR) is 38.4 cm³/mol. The van der Waals surface area contributed by atoms with Gasteiger partial charge in [-0.1, -0.05) is 6.08 Å². The van der Waals surface area contributed by atoms with E-state index in [2.05, 4.69) is 0 Å². The molecule has 1 aliphatic heterocycles. The average Bonchev–Trinajstić information content (AvgIpc) is 2.05. The highest BCUT2D eigenvalue weighted by molar-refractivity contribution is 5.76. The van der Waals surface area contributed by atoms with Gasteiger partial charge in [-0.3, -0.25) is 4.79 Å². The lowest BCUT2D eigenvalue weighted by Crippen LogP contribution is -2.34. The number of hydrogen-bond acceptors (Lipinski definition) is 2. The lowest BCUT2D eigenvalue weighted by molar-refractivity contribution is -0.105. The van der Waals surface area contributed by atoms with Crippen LogP contribution in [-0.2, 0) is 4.79 Å². The van der Waals surface area contributed by atoms with E-state index in [1.54, 1.807) is 6.08 Å². The van der Waals surface area contributed by atoms with Crippen LogP contribution in [0.25, 0.3) is 0 Å². The molecule has 0 radical (unpaired) electrons. The fourth-order valence-electron chi connectivity index (χ4n) is 1.02. The standard InChI is InChI=1S/C7H9NO3/c9-5-6-2-1-3-8(4-6)7(10)11/h2,5H,1,3-4H2,(H,10,11). The van der Waals surface area contributed by atoms with E-state index < -0.39 is 6.09 Å². The highest BCUT2D eigenvalue weighted by atomic mass is 16.4. The zero-order valence-electron chi connectivity index (χ0n) is 5.99. The second kappa shape index (κ2) is 3.18. The quantitative estimate of drug-likeness (QED) is 0.561. The Morgan fingerprint density at radius 2 is 2.45 bits per heavy atom. The molecule has 1 N–H and O–H groups in total. The summed E-state index contributed by atoms with van der Waals surface area (Å²) in [5, 5.41) is 8.53. The van der Waals surface area contributed by atoms with Crippen LogP contribution in [0.15, 0.2) is 11.6 Å². The molecule has 0 saturated carbocycles. The van der Waals surface area contributed by atoms with Crippen LogP contribution in [0.5, 0.6) is 0 Å². The van der Waals surface area contributed by atoms with Crippen molar-refractivity contribution in [3.8, 4) is 0 Å². The van der Waals surface area contributed by atoms with Gasteiger partial charge < -0.3 is 10.0 Å². The Morgan fingerprint density at radius 1 is 1.73 bits per heavy atom. The number of carboxylic acid groups (broad SMARTS) is 1. The topological polar surface area (TPSA) is 57.6 Å². The highest BCUT2D eigenvalue weighted by Gasteiger charge is 2.15. The summed E-state index contributed by atoms with van der Waals surface area (Å²) in [5.41, 5.74) is 0.554. The van der Waals surface area contributed by atoms with Crippen LogP contribution in [0, 0.1) is 0 Å². The van der Waals surface area contributed by atoms with Crippen molar-refractivity contribution < 1.29 is 14.7 Å². The van der Waals surface area contributed by atoms with Crippen molar-refractivity contribution in [2.24, 2.45) is 0 Å². The molecule has 11 heavy (non-hydrogen) atoms. The maximum Gasteiger partial charge on any atom is 0.407 e. The molecule has 60 valence electrons. The number of aldehydes is 1. The summed E-state index contributed by atoms with van der Waals surface area (Å²) in [6, 6.07) is 0. The predicted octanol–water partition coefficient (Wildman–Crippen LogP) is 0.495. The molecule has 0 unspecified atom stereocenters. The highest BCUT2D eigenvalue weighted by Crippen LogP contribution is 2.06. The van der Waals surface area contributed by atoms with Gasteiger partial charge in [-0.05, 0) is 6.42 Å². The van der Waals surface area contributed by atoms with Crippen molar-refractivity contribution in [2.45, 2.75) is 6.42 Å². The normalized spacial score (nSPS) is 17.5. The first-order chi connectivity index (χ1) is 5.24. The zero-order chi connectivity index (χ0) is 8.27. The molecule has 4 heteroatoms. The van der Waals surface area contributed by atoms with Gasteiger partial charge in [-0.25, -0.2) is 4.79 Å². The Balaban J connectivity index is 2.59. The smallest absolute Gasteiger partial charge is 0.407 e. The molecule has 1 heterocycles. The SMILES string of the molecule is O=CC1=CCCN(C(=O)O)C1. The number of nitrogens with zero attached hydrogens (tertiary/aromatic N) is 1. The minimum absolute atomic E-state index is 0.235. The Hall–Kier alpha value is -1.32. The minimum atomic E-state index is -0.961. The van der Waals surface area contributed by atoms with Crippen LogP contribution in [0.4, 0.5) is 4.79 Å². The summed E-state index contributed by atoms with van der Waals surface area (Å²) < 4.78 is 0. The summed E-state index contributed by atoms with van der Waals surface area (Å²) in [5.74, 6) is 0. The van der Waals surface area contributed by atoms with Gasteiger partial charge in [0.2, 0.25) is 0 Å². The summed E-state index contributed by atoms with van der Waals surface area (Å²) in [7, 11) is 0. The monoisotopic (exact) mass is 155 g/mol. The second-order valence-electron chi connectivity index (χ2n) is 2.39. The van der Waals surface area contributed by atoms with Gasteiger partial charge in [0.15, 0.2) is 0 Å². The van der Waals surface area contributed by atoms with Crippen molar-refractivity contribution in [2.75, 3.05) is 13.1 Å². The summed E-state index contributed by atoms with van der Waals surface area (Å²) in [4.78, 5) is 21.9. The third kappa shape index (κ3) is 1.80. The van der Waals surface area contributed by atoms with Gasteiger partial charge >= 0.3 is 6.09 Å². The van der Waals surface area contributed by atoms with Gasteiger partial charge in [0.05, 0.1) is 6.54 Å². The molecule has 0 aromatic heterocycles.